The molecule has 2 aromatic carbocycles. The number of benzene rings is 2. The van der Waals surface area contributed by atoms with Crippen molar-refractivity contribution >= 4 is 11.9 Å². The topological polar surface area (TPSA) is 76.1 Å². The number of hydrogen-bond donors (Lipinski definition) is 1. The molecule has 1 N–H and O–H groups in total. The predicted molar refractivity (Wildman–Crippen MR) is 95.3 cm³/mol. The maximum absolute atomic E-state index is 12.9. The normalized spacial score (nSPS) is 16.0. The first-order valence-electron chi connectivity index (χ1n) is 8.42. The quantitative estimate of drug-likeness (QED) is 0.805. The zero-order valence-corrected chi connectivity index (χ0v) is 14.6. The number of aliphatic carboxylic acids is 1. The van der Waals surface area contributed by atoms with Gasteiger partial charge >= 0.3 is 5.97 Å². The lowest BCUT2D eigenvalue weighted by Gasteiger charge is -2.34. The molecule has 1 aliphatic rings. The van der Waals surface area contributed by atoms with Crippen LogP contribution in [0.3, 0.4) is 0 Å². The molecule has 2 aromatic rings. The number of carboxylic acid groups (broad SMARTS) is 1. The van der Waals surface area contributed by atoms with Gasteiger partial charge in [0.05, 0.1) is 6.61 Å². The van der Waals surface area contributed by atoms with Crippen LogP contribution in [0.4, 0.5) is 0 Å². The molecule has 26 heavy (non-hydrogen) atoms. The maximum atomic E-state index is 12.9. The first kappa shape index (κ1) is 17.9. The Labute approximate surface area is 152 Å². The van der Waals surface area contributed by atoms with Gasteiger partial charge < -0.3 is 19.5 Å². The van der Waals surface area contributed by atoms with E-state index < -0.39 is 12.0 Å². The second-order valence-electron chi connectivity index (χ2n) is 6.13. The summed E-state index contributed by atoms with van der Waals surface area (Å²) in [5.74, 6) is -0.653. The van der Waals surface area contributed by atoms with Crippen molar-refractivity contribution in [2.24, 2.45) is 0 Å². The fourth-order valence-corrected chi connectivity index (χ4v) is 3.06. The third-order valence-electron chi connectivity index (χ3n) is 4.45. The van der Waals surface area contributed by atoms with E-state index in [0.717, 1.165) is 11.1 Å². The predicted octanol–water partition coefficient (Wildman–Crippen LogP) is 2.36. The van der Waals surface area contributed by atoms with Crippen molar-refractivity contribution in [1.82, 2.24) is 4.90 Å². The Hall–Kier alpha value is -2.86. The van der Waals surface area contributed by atoms with Crippen LogP contribution in [0.1, 0.15) is 21.5 Å². The fraction of sp³-hybridized carbons (Fsp3) is 0.300. The highest BCUT2D eigenvalue weighted by Crippen LogP contribution is 2.25. The Morgan fingerprint density at radius 2 is 1.77 bits per heavy atom. The van der Waals surface area contributed by atoms with Gasteiger partial charge in [-0.1, -0.05) is 24.3 Å². The van der Waals surface area contributed by atoms with Crippen molar-refractivity contribution in [2.45, 2.75) is 19.0 Å². The van der Waals surface area contributed by atoms with Crippen LogP contribution in [0, 0.1) is 0 Å². The van der Waals surface area contributed by atoms with Gasteiger partial charge in [0.25, 0.3) is 5.91 Å². The van der Waals surface area contributed by atoms with Gasteiger partial charge in [0.15, 0.2) is 0 Å². The fourth-order valence-electron chi connectivity index (χ4n) is 3.06. The first-order valence-corrected chi connectivity index (χ1v) is 8.42. The highest BCUT2D eigenvalue weighted by atomic mass is 16.5. The number of rotatable bonds is 6. The van der Waals surface area contributed by atoms with Gasteiger partial charge in [-0.15, -0.1) is 0 Å². The highest BCUT2D eigenvalue weighted by Gasteiger charge is 2.34. The van der Waals surface area contributed by atoms with E-state index in [4.69, 9.17) is 9.47 Å². The Morgan fingerprint density at radius 1 is 1.08 bits per heavy atom. The largest absolute Gasteiger partial charge is 0.491 e. The Bertz CT molecular complexity index is 787. The Morgan fingerprint density at radius 3 is 2.42 bits per heavy atom. The third-order valence-corrected chi connectivity index (χ3v) is 4.45. The molecule has 1 amide bonds. The van der Waals surface area contributed by atoms with Gasteiger partial charge in [-0.05, 0) is 35.4 Å². The molecule has 1 aliphatic heterocycles. The summed E-state index contributed by atoms with van der Waals surface area (Å²) < 4.78 is 10.4. The van der Waals surface area contributed by atoms with Crippen molar-refractivity contribution < 1.29 is 24.2 Å². The molecule has 3 rings (SSSR count). The number of hydrogen-bond acceptors (Lipinski definition) is 4. The monoisotopic (exact) mass is 355 g/mol. The van der Waals surface area contributed by atoms with Gasteiger partial charge in [-0.25, -0.2) is 4.79 Å². The van der Waals surface area contributed by atoms with E-state index in [1.54, 1.807) is 31.4 Å². The molecule has 0 saturated heterocycles. The number of fused-ring (bicyclic) bond motifs is 1. The van der Waals surface area contributed by atoms with Crippen LogP contribution < -0.4 is 4.74 Å². The smallest absolute Gasteiger partial charge is 0.326 e. The van der Waals surface area contributed by atoms with Gasteiger partial charge in [-0.3, -0.25) is 4.79 Å². The number of carbonyl (C=O) groups excluding carboxylic acids is 1. The molecule has 136 valence electrons. The molecular formula is C20H21NO5. The molecule has 0 radical (unpaired) electrons. The van der Waals surface area contributed by atoms with Gasteiger partial charge in [0.2, 0.25) is 0 Å². The summed E-state index contributed by atoms with van der Waals surface area (Å²) in [4.78, 5) is 26.0. The Kier molecular flexibility index (Phi) is 5.53. The third kappa shape index (κ3) is 3.86. The summed E-state index contributed by atoms with van der Waals surface area (Å²) in [5.41, 5.74) is 2.40. The molecule has 6 heteroatoms. The minimum atomic E-state index is -0.993. The van der Waals surface area contributed by atoms with Crippen molar-refractivity contribution in [1.29, 1.82) is 0 Å². The standard InChI is InChI=1S/C20H21NO5/c1-25-10-11-26-17-8-6-14(7-9-17)19(22)21-13-16-5-3-2-4-15(16)12-18(21)20(23)24/h2-9,18H,10-13H2,1H3,(H,23,24). The molecule has 0 spiro atoms. The molecule has 0 aliphatic carbocycles. The van der Waals surface area contributed by atoms with Crippen LogP contribution in [0.5, 0.6) is 5.75 Å². The average Bonchev–Trinajstić information content (AvgIpc) is 2.67. The van der Waals surface area contributed by atoms with E-state index in [-0.39, 0.29) is 12.5 Å². The molecule has 1 atom stereocenters. The Balaban J connectivity index is 1.78. The molecule has 0 bridgehead atoms. The molecule has 0 fully saturated rings. The summed E-state index contributed by atoms with van der Waals surface area (Å²) >= 11 is 0. The zero-order valence-electron chi connectivity index (χ0n) is 14.6. The van der Waals surface area contributed by atoms with Gasteiger partial charge in [-0.2, -0.15) is 0 Å². The molecule has 1 heterocycles. The number of methoxy groups -OCH3 is 1. The summed E-state index contributed by atoms with van der Waals surface area (Å²) in [6, 6.07) is 13.5. The number of ether oxygens (including phenoxy) is 2. The van der Waals surface area contributed by atoms with E-state index in [1.807, 2.05) is 24.3 Å². The number of carboxylic acids is 1. The van der Waals surface area contributed by atoms with Crippen molar-refractivity contribution in [3.8, 4) is 5.75 Å². The highest BCUT2D eigenvalue weighted by molar-refractivity contribution is 5.97. The summed E-state index contributed by atoms with van der Waals surface area (Å²) in [6.07, 6.45) is 0.315. The molecule has 0 saturated carbocycles. The molecule has 6 nitrogen and oxygen atoms in total. The minimum absolute atomic E-state index is 0.290. The van der Waals surface area contributed by atoms with Crippen LogP contribution in [0.25, 0.3) is 0 Å². The van der Waals surface area contributed by atoms with Gasteiger partial charge in [0.1, 0.15) is 18.4 Å². The lowest BCUT2D eigenvalue weighted by atomic mass is 9.93. The van der Waals surface area contributed by atoms with E-state index >= 15 is 0 Å². The number of carbonyl (C=O) groups is 2. The van der Waals surface area contributed by atoms with E-state index in [9.17, 15) is 14.7 Å². The summed E-state index contributed by atoms with van der Waals surface area (Å²) in [6.45, 7) is 1.19. The summed E-state index contributed by atoms with van der Waals surface area (Å²) in [7, 11) is 1.60. The van der Waals surface area contributed by atoms with Crippen molar-refractivity contribution in [3.63, 3.8) is 0 Å². The van der Waals surface area contributed by atoms with E-state index in [2.05, 4.69) is 0 Å². The molecular weight excluding hydrogens is 334 g/mol. The minimum Gasteiger partial charge on any atom is -0.491 e. The SMILES string of the molecule is COCCOc1ccc(C(=O)N2Cc3ccccc3CC2C(=O)O)cc1. The van der Waals surface area contributed by atoms with Crippen molar-refractivity contribution in [2.75, 3.05) is 20.3 Å². The molecule has 0 aromatic heterocycles. The second kappa shape index (κ2) is 8.01. The van der Waals surface area contributed by atoms with Crippen LogP contribution in [-0.2, 0) is 22.5 Å². The van der Waals surface area contributed by atoms with Crippen LogP contribution in [-0.4, -0.2) is 48.2 Å². The van der Waals surface area contributed by atoms with E-state index in [0.29, 0.717) is 30.9 Å². The summed E-state index contributed by atoms with van der Waals surface area (Å²) in [5, 5.41) is 9.57. The first-order chi connectivity index (χ1) is 12.6. The molecule has 1 unspecified atom stereocenters. The lowest BCUT2D eigenvalue weighted by Crippen LogP contribution is -2.48. The van der Waals surface area contributed by atoms with Crippen LogP contribution >= 0.6 is 0 Å². The average molecular weight is 355 g/mol. The maximum Gasteiger partial charge on any atom is 0.326 e. The van der Waals surface area contributed by atoms with Crippen LogP contribution in [0.2, 0.25) is 0 Å². The van der Waals surface area contributed by atoms with Crippen LogP contribution in [0.15, 0.2) is 48.5 Å². The zero-order chi connectivity index (χ0) is 18.5. The lowest BCUT2D eigenvalue weighted by molar-refractivity contribution is -0.142. The second-order valence-corrected chi connectivity index (χ2v) is 6.13. The number of nitrogens with zero attached hydrogens (tertiary/aromatic N) is 1. The van der Waals surface area contributed by atoms with Gasteiger partial charge in [0, 0.05) is 25.6 Å². The van der Waals surface area contributed by atoms with Crippen molar-refractivity contribution in [3.05, 3.63) is 65.2 Å². The van der Waals surface area contributed by atoms with E-state index in [1.165, 1.54) is 4.90 Å². The number of amides is 1.